The number of nitrogens with one attached hydrogen (secondary N) is 1. The Morgan fingerprint density at radius 3 is 2.21 bits per heavy atom. The summed E-state index contributed by atoms with van der Waals surface area (Å²) < 4.78 is 56.4. The van der Waals surface area contributed by atoms with Gasteiger partial charge in [-0.15, -0.1) is 0 Å². The van der Waals surface area contributed by atoms with Gasteiger partial charge in [-0.1, -0.05) is 54.1 Å². The number of rotatable bonds is 5. The van der Waals surface area contributed by atoms with Crippen LogP contribution in [-0.2, 0) is 33.0 Å². The first-order chi connectivity index (χ1) is 16.2. The van der Waals surface area contributed by atoms with Gasteiger partial charge >= 0.3 is 0 Å². The normalized spacial score (nSPS) is 14.6. The van der Waals surface area contributed by atoms with Gasteiger partial charge < -0.3 is 0 Å². The number of hydrogen-bond acceptors (Lipinski definition) is 4. The molecule has 0 radical (unpaired) electrons. The average Bonchev–Trinajstić information content (AvgIpc) is 2.83. The molecule has 0 bridgehead atoms. The Labute approximate surface area is 200 Å². The van der Waals surface area contributed by atoms with E-state index in [2.05, 4.69) is 4.72 Å². The summed E-state index contributed by atoms with van der Waals surface area (Å²) in [6.07, 6.45) is 0.568. The summed E-state index contributed by atoms with van der Waals surface area (Å²) in [7, 11) is -7.44. The molecule has 0 unspecified atom stereocenters. The molecule has 5 rings (SSSR count). The van der Waals surface area contributed by atoms with Crippen molar-refractivity contribution < 1.29 is 16.8 Å². The highest BCUT2D eigenvalue weighted by Crippen LogP contribution is 2.28. The van der Waals surface area contributed by atoms with Crippen LogP contribution in [0, 0.1) is 6.92 Å². The molecule has 0 spiro atoms. The molecule has 1 heterocycles. The van der Waals surface area contributed by atoms with E-state index in [1.807, 2.05) is 37.3 Å². The molecule has 0 saturated carbocycles. The van der Waals surface area contributed by atoms with Gasteiger partial charge in [0.2, 0.25) is 10.0 Å². The number of fused-ring (bicyclic) bond motifs is 2. The zero-order valence-corrected chi connectivity index (χ0v) is 20.2. The van der Waals surface area contributed by atoms with Crippen molar-refractivity contribution in [2.45, 2.75) is 29.7 Å². The molecule has 0 amide bonds. The molecule has 6 nitrogen and oxygen atoms in total. The molecule has 0 aromatic heterocycles. The molecular formula is C26H24N2O4S2. The van der Waals surface area contributed by atoms with Gasteiger partial charge in [-0.3, -0.25) is 4.72 Å². The molecule has 4 aromatic carbocycles. The second-order valence-electron chi connectivity index (χ2n) is 8.50. The van der Waals surface area contributed by atoms with E-state index in [1.54, 1.807) is 54.6 Å². The van der Waals surface area contributed by atoms with Crippen molar-refractivity contribution in [2.24, 2.45) is 0 Å². The van der Waals surface area contributed by atoms with E-state index in [0.717, 1.165) is 27.5 Å². The fraction of sp³-hybridized carbons (Fsp3) is 0.154. The maximum atomic E-state index is 13.1. The molecular weight excluding hydrogens is 468 g/mol. The Morgan fingerprint density at radius 2 is 1.44 bits per heavy atom. The van der Waals surface area contributed by atoms with E-state index >= 15 is 0 Å². The van der Waals surface area contributed by atoms with Crippen LogP contribution in [0.2, 0.25) is 0 Å². The zero-order valence-electron chi connectivity index (χ0n) is 18.6. The number of benzene rings is 4. The van der Waals surface area contributed by atoms with Crippen molar-refractivity contribution in [3.8, 4) is 0 Å². The monoisotopic (exact) mass is 492 g/mol. The third-order valence-electron chi connectivity index (χ3n) is 6.13. The minimum atomic E-state index is -3.80. The van der Waals surface area contributed by atoms with Gasteiger partial charge in [-0.05, 0) is 71.6 Å². The minimum Gasteiger partial charge on any atom is -0.280 e. The summed E-state index contributed by atoms with van der Waals surface area (Å²) in [6.45, 7) is 2.48. The maximum Gasteiger partial charge on any atom is 0.261 e. The van der Waals surface area contributed by atoms with Crippen LogP contribution in [0.15, 0.2) is 94.7 Å². The van der Waals surface area contributed by atoms with Crippen molar-refractivity contribution in [3.05, 3.63) is 102 Å². The fourth-order valence-corrected chi connectivity index (χ4v) is 6.71. The van der Waals surface area contributed by atoms with Gasteiger partial charge in [-0.25, -0.2) is 16.8 Å². The van der Waals surface area contributed by atoms with E-state index in [-0.39, 0.29) is 16.3 Å². The summed E-state index contributed by atoms with van der Waals surface area (Å²) in [5.74, 6) is 0. The maximum absolute atomic E-state index is 13.1. The predicted octanol–water partition coefficient (Wildman–Crippen LogP) is 4.70. The fourth-order valence-electron chi connectivity index (χ4n) is 4.21. The Kier molecular flexibility index (Phi) is 5.67. The zero-order chi connectivity index (χ0) is 23.9. The van der Waals surface area contributed by atoms with Crippen LogP contribution in [0.25, 0.3) is 10.8 Å². The summed E-state index contributed by atoms with van der Waals surface area (Å²) in [4.78, 5) is 0.433. The summed E-state index contributed by atoms with van der Waals surface area (Å²) >= 11 is 0. The predicted molar refractivity (Wildman–Crippen MR) is 134 cm³/mol. The number of sulfonamides is 2. The van der Waals surface area contributed by atoms with Gasteiger partial charge in [0, 0.05) is 18.8 Å². The van der Waals surface area contributed by atoms with Crippen LogP contribution < -0.4 is 4.72 Å². The molecule has 174 valence electrons. The summed E-state index contributed by atoms with van der Waals surface area (Å²) in [6, 6.07) is 24.7. The second-order valence-corrected chi connectivity index (χ2v) is 12.1. The van der Waals surface area contributed by atoms with E-state index in [4.69, 9.17) is 0 Å². The Hall–Kier alpha value is -3.20. The number of hydrogen-bond donors (Lipinski definition) is 1. The van der Waals surface area contributed by atoms with E-state index in [1.165, 1.54) is 4.31 Å². The number of aryl methyl sites for hydroxylation is 1. The van der Waals surface area contributed by atoms with Gasteiger partial charge in [0.25, 0.3) is 10.0 Å². The summed E-state index contributed by atoms with van der Waals surface area (Å²) in [5.41, 5.74) is 3.21. The van der Waals surface area contributed by atoms with Crippen LogP contribution in [0.3, 0.4) is 0 Å². The molecule has 1 N–H and O–H groups in total. The standard InChI is InChI=1S/C26H24N2O4S2/c1-19-6-11-25(12-7-19)34(31,32)28-15-14-21-8-10-24(16-23(21)18-28)27-33(29,30)26-13-9-20-4-2-3-5-22(20)17-26/h2-13,16-17,27H,14-15,18H2,1H3. The number of nitrogens with zero attached hydrogens (tertiary/aromatic N) is 1. The van der Waals surface area contributed by atoms with Crippen molar-refractivity contribution >= 4 is 36.5 Å². The largest absolute Gasteiger partial charge is 0.280 e. The van der Waals surface area contributed by atoms with E-state index in [9.17, 15) is 16.8 Å². The quantitative estimate of drug-likeness (QED) is 0.438. The van der Waals surface area contributed by atoms with E-state index < -0.39 is 20.0 Å². The first-order valence-electron chi connectivity index (χ1n) is 10.9. The lowest BCUT2D eigenvalue weighted by Gasteiger charge is -2.28. The average molecular weight is 493 g/mol. The minimum absolute atomic E-state index is 0.174. The van der Waals surface area contributed by atoms with Crippen LogP contribution in [0.1, 0.15) is 16.7 Å². The van der Waals surface area contributed by atoms with Crippen molar-refractivity contribution in [1.29, 1.82) is 0 Å². The molecule has 1 aliphatic rings. The van der Waals surface area contributed by atoms with Gasteiger partial charge in [0.05, 0.1) is 9.79 Å². The highest BCUT2D eigenvalue weighted by atomic mass is 32.2. The summed E-state index contributed by atoms with van der Waals surface area (Å²) in [5, 5.41) is 1.80. The van der Waals surface area contributed by atoms with Gasteiger partial charge in [-0.2, -0.15) is 4.31 Å². The van der Waals surface area contributed by atoms with Crippen LogP contribution in [0.4, 0.5) is 5.69 Å². The second kappa shape index (κ2) is 8.54. The van der Waals surface area contributed by atoms with Crippen molar-refractivity contribution in [3.63, 3.8) is 0 Å². The lowest BCUT2D eigenvalue weighted by Crippen LogP contribution is -2.36. The third kappa shape index (κ3) is 4.32. The molecule has 1 aliphatic heterocycles. The first-order valence-corrected chi connectivity index (χ1v) is 13.8. The molecule has 0 saturated heterocycles. The lowest BCUT2D eigenvalue weighted by atomic mass is 10.0. The SMILES string of the molecule is Cc1ccc(S(=O)(=O)N2CCc3ccc(NS(=O)(=O)c4ccc5ccccc5c4)cc3C2)cc1. The topological polar surface area (TPSA) is 83.6 Å². The van der Waals surface area contributed by atoms with E-state index in [0.29, 0.717) is 18.7 Å². The highest BCUT2D eigenvalue weighted by molar-refractivity contribution is 7.92. The highest BCUT2D eigenvalue weighted by Gasteiger charge is 2.28. The first kappa shape index (κ1) is 22.6. The Bertz CT molecular complexity index is 1600. The third-order valence-corrected chi connectivity index (χ3v) is 9.36. The van der Waals surface area contributed by atoms with Crippen LogP contribution in [-0.4, -0.2) is 27.7 Å². The molecule has 0 atom stereocenters. The van der Waals surface area contributed by atoms with Gasteiger partial charge in [0.15, 0.2) is 0 Å². The smallest absolute Gasteiger partial charge is 0.261 e. The van der Waals surface area contributed by atoms with Crippen LogP contribution in [0.5, 0.6) is 0 Å². The van der Waals surface area contributed by atoms with Crippen LogP contribution >= 0.6 is 0 Å². The lowest BCUT2D eigenvalue weighted by molar-refractivity contribution is 0.391. The molecule has 8 heteroatoms. The van der Waals surface area contributed by atoms with Crippen molar-refractivity contribution in [2.75, 3.05) is 11.3 Å². The number of anilines is 1. The molecule has 4 aromatic rings. The van der Waals surface area contributed by atoms with Gasteiger partial charge in [0.1, 0.15) is 0 Å². The molecule has 0 fully saturated rings. The Morgan fingerprint density at radius 1 is 0.735 bits per heavy atom. The van der Waals surface area contributed by atoms with Crippen molar-refractivity contribution in [1.82, 2.24) is 4.31 Å². The molecule has 34 heavy (non-hydrogen) atoms. The Balaban J connectivity index is 1.40. The molecule has 0 aliphatic carbocycles.